The number of nitrogens with zero attached hydrogens (tertiary/aromatic N) is 1. The molecule has 0 saturated heterocycles. The van der Waals surface area contributed by atoms with Crippen LogP contribution in [-0.4, -0.2) is 36.9 Å². The summed E-state index contributed by atoms with van der Waals surface area (Å²) in [5.74, 6) is -0.491. The van der Waals surface area contributed by atoms with Crippen molar-refractivity contribution in [2.75, 3.05) is 25.5 Å². The summed E-state index contributed by atoms with van der Waals surface area (Å²) < 4.78 is 10.8. The molecule has 29 heavy (non-hydrogen) atoms. The van der Waals surface area contributed by atoms with Crippen LogP contribution in [0.15, 0.2) is 57.7 Å². The maximum Gasteiger partial charge on any atom is 0.290 e. The zero-order chi connectivity index (χ0) is 21.0. The smallest absolute Gasteiger partial charge is 0.290 e. The van der Waals surface area contributed by atoms with Crippen LogP contribution in [-0.2, 0) is 4.79 Å². The van der Waals surface area contributed by atoms with Crippen molar-refractivity contribution in [2.45, 2.75) is 13.8 Å². The van der Waals surface area contributed by atoms with E-state index in [0.29, 0.717) is 22.4 Å². The van der Waals surface area contributed by atoms with Crippen molar-refractivity contribution in [3.63, 3.8) is 0 Å². The first-order valence-corrected chi connectivity index (χ1v) is 9.19. The standard InChI is InChI=1S/C22H22N2O5/c1-4-24(13-21(26)23-16-7-5-6-8-19(16)28-3)22(27)20-12-17(25)15-11-14(2)9-10-18(15)29-20/h5-12H,4,13H2,1-3H3,(H,23,26). The zero-order valence-corrected chi connectivity index (χ0v) is 16.5. The number of carbonyl (C=O) groups excluding carboxylic acids is 2. The van der Waals surface area contributed by atoms with Gasteiger partial charge in [-0.25, -0.2) is 0 Å². The summed E-state index contributed by atoms with van der Waals surface area (Å²) >= 11 is 0. The number of ether oxygens (including phenoxy) is 1. The Kier molecular flexibility index (Phi) is 5.97. The van der Waals surface area contributed by atoms with Gasteiger partial charge in [-0.15, -0.1) is 0 Å². The largest absolute Gasteiger partial charge is 0.495 e. The van der Waals surface area contributed by atoms with Gasteiger partial charge in [0.2, 0.25) is 5.91 Å². The van der Waals surface area contributed by atoms with E-state index in [1.807, 2.05) is 6.92 Å². The van der Waals surface area contributed by atoms with Crippen LogP contribution in [0.4, 0.5) is 5.69 Å². The number of anilines is 1. The van der Waals surface area contributed by atoms with Gasteiger partial charge in [0.15, 0.2) is 11.2 Å². The Hall–Kier alpha value is -3.61. The van der Waals surface area contributed by atoms with E-state index in [-0.39, 0.29) is 30.2 Å². The molecule has 0 fully saturated rings. The molecule has 7 nitrogen and oxygen atoms in total. The molecular formula is C22H22N2O5. The van der Waals surface area contributed by atoms with Crippen molar-refractivity contribution in [3.05, 3.63) is 70.1 Å². The van der Waals surface area contributed by atoms with Gasteiger partial charge in [-0.05, 0) is 38.1 Å². The number of carbonyl (C=O) groups is 2. The number of nitrogens with one attached hydrogen (secondary N) is 1. The molecule has 150 valence electrons. The van der Waals surface area contributed by atoms with Crippen LogP contribution in [0.1, 0.15) is 23.0 Å². The van der Waals surface area contributed by atoms with Crippen molar-refractivity contribution < 1.29 is 18.7 Å². The number of likely N-dealkylation sites (N-methyl/N-ethyl adjacent to an activating group) is 1. The fraction of sp³-hybridized carbons (Fsp3) is 0.227. The van der Waals surface area contributed by atoms with E-state index in [1.165, 1.54) is 18.1 Å². The number of hydrogen-bond acceptors (Lipinski definition) is 5. The van der Waals surface area contributed by atoms with Crippen molar-refractivity contribution in [2.24, 2.45) is 0 Å². The lowest BCUT2D eigenvalue weighted by atomic mass is 10.1. The molecule has 2 amide bonds. The molecule has 0 radical (unpaired) electrons. The highest BCUT2D eigenvalue weighted by Gasteiger charge is 2.21. The Morgan fingerprint density at radius 1 is 1.14 bits per heavy atom. The lowest BCUT2D eigenvalue weighted by molar-refractivity contribution is -0.116. The summed E-state index contributed by atoms with van der Waals surface area (Å²) in [6, 6.07) is 13.3. The van der Waals surface area contributed by atoms with Crippen LogP contribution in [0.3, 0.4) is 0 Å². The predicted octanol–water partition coefficient (Wildman–Crippen LogP) is 3.21. The van der Waals surface area contributed by atoms with Crippen LogP contribution in [0.25, 0.3) is 11.0 Å². The normalized spacial score (nSPS) is 10.6. The molecular weight excluding hydrogens is 372 g/mol. The summed E-state index contributed by atoms with van der Waals surface area (Å²) in [7, 11) is 1.51. The minimum absolute atomic E-state index is 0.0988. The molecule has 0 bridgehead atoms. The number of fused-ring (bicyclic) bond motifs is 1. The Bertz CT molecular complexity index is 1120. The van der Waals surface area contributed by atoms with E-state index in [1.54, 1.807) is 49.4 Å². The number of benzene rings is 2. The molecule has 1 aromatic heterocycles. The second kappa shape index (κ2) is 8.60. The van der Waals surface area contributed by atoms with Crippen LogP contribution < -0.4 is 15.5 Å². The first-order chi connectivity index (χ1) is 13.9. The molecule has 1 N–H and O–H groups in total. The second-order valence-electron chi connectivity index (χ2n) is 6.54. The maximum atomic E-state index is 12.8. The molecule has 0 aliphatic carbocycles. The van der Waals surface area contributed by atoms with Gasteiger partial charge in [0.1, 0.15) is 17.9 Å². The summed E-state index contributed by atoms with van der Waals surface area (Å²) in [4.78, 5) is 39.0. The van der Waals surface area contributed by atoms with Gasteiger partial charge in [-0.3, -0.25) is 14.4 Å². The van der Waals surface area contributed by atoms with E-state index < -0.39 is 5.91 Å². The van der Waals surface area contributed by atoms with E-state index in [0.717, 1.165) is 5.56 Å². The minimum atomic E-state index is -0.526. The van der Waals surface area contributed by atoms with Crippen molar-refractivity contribution >= 4 is 28.5 Å². The molecule has 0 spiro atoms. The quantitative estimate of drug-likeness (QED) is 0.693. The third-order valence-electron chi connectivity index (χ3n) is 4.48. The van der Waals surface area contributed by atoms with Crippen LogP contribution in [0.5, 0.6) is 5.75 Å². The molecule has 3 rings (SSSR count). The number of amides is 2. The van der Waals surface area contributed by atoms with Crippen LogP contribution in [0, 0.1) is 6.92 Å². The Balaban J connectivity index is 1.80. The fourth-order valence-electron chi connectivity index (χ4n) is 2.97. The third-order valence-corrected chi connectivity index (χ3v) is 4.48. The first kappa shape index (κ1) is 20.1. The number of para-hydroxylation sites is 2. The SMILES string of the molecule is CCN(CC(=O)Nc1ccccc1OC)C(=O)c1cc(=O)c2cc(C)ccc2o1. The Labute approximate surface area is 167 Å². The van der Waals surface area contributed by atoms with Crippen LogP contribution >= 0.6 is 0 Å². The molecule has 0 aliphatic heterocycles. The van der Waals surface area contributed by atoms with Gasteiger partial charge < -0.3 is 19.4 Å². The minimum Gasteiger partial charge on any atom is -0.495 e. The van der Waals surface area contributed by atoms with E-state index >= 15 is 0 Å². The molecule has 7 heteroatoms. The summed E-state index contributed by atoms with van der Waals surface area (Å²) in [5, 5.41) is 3.14. The molecule has 0 saturated carbocycles. The zero-order valence-electron chi connectivity index (χ0n) is 16.5. The van der Waals surface area contributed by atoms with E-state index in [4.69, 9.17) is 9.15 Å². The Morgan fingerprint density at radius 3 is 2.62 bits per heavy atom. The Morgan fingerprint density at radius 2 is 1.90 bits per heavy atom. The van der Waals surface area contributed by atoms with Gasteiger partial charge >= 0.3 is 0 Å². The summed E-state index contributed by atoms with van der Waals surface area (Å²) in [5.41, 5.74) is 1.47. The fourth-order valence-corrected chi connectivity index (χ4v) is 2.97. The molecule has 0 unspecified atom stereocenters. The summed E-state index contributed by atoms with van der Waals surface area (Å²) in [6.45, 7) is 3.70. The first-order valence-electron chi connectivity index (χ1n) is 9.19. The predicted molar refractivity (Wildman–Crippen MR) is 110 cm³/mol. The lowest BCUT2D eigenvalue weighted by Gasteiger charge is -2.20. The maximum absolute atomic E-state index is 12.8. The van der Waals surface area contributed by atoms with Gasteiger partial charge in [0.05, 0.1) is 18.2 Å². The van der Waals surface area contributed by atoms with Gasteiger partial charge in [-0.1, -0.05) is 23.8 Å². The van der Waals surface area contributed by atoms with Crippen molar-refractivity contribution in [3.8, 4) is 5.75 Å². The highest BCUT2D eigenvalue weighted by Crippen LogP contribution is 2.23. The molecule has 3 aromatic rings. The lowest BCUT2D eigenvalue weighted by Crippen LogP contribution is -2.38. The number of methoxy groups -OCH3 is 1. The summed E-state index contributed by atoms with van der Waals surface area (Å²) in [6.07, 6.45) is 0. The molecule has 0 atom stereocenters. The van der Waals surface area contributed by atoms with Gasteiger partial charge in [0.25, 0.3) is 5.91 Å². The topological polar surface area (TPSA) is 88.9 Å². The number of hydrogen-bond donors (Lipinski definition) is 1. The van der Waals surface area contributed by atoms with E-state index in [9.17, 15) is 14.4 Å². The molecule has 1 heterocycles. The highest BCUT2D eigenvalue weighted by molar-refractivity contribution is 5.99. The number of rotatable bonds is 6. The molecule has 0 aliphatic rings. The highest BCUT2D eigenvalue weighted by atomic mass is 16.5. The second-order valence-corrected chi connectivity index (χ2v) is 6.54. The van der Waals surface area contributed by atoms with Crippen LogP contribution in [0.2, 0.25) is 0 Å². The third kappa shape index (κ3) is 4.45. The van der Waals surface area contributed by atoms with Crippen molar-refractivity contribution in [1.82, 2.24) is 4.90 Å². The van der Waals surface area contributed by atoms with E-state index in [2.05, 4.69) is 5.32 Å². The average Bonchev–Trinajstić information content (AvgIpc) is 2.72. The van der Waals surface area contributed by atoms with Gasteiger partial charge in [0, 0.05) is 12.6 Å². The number of aryl methyl sites for hydroxylation is 1. The van der Waals surface area contributed by atoms with Gasteiger partial charge in [-0.2, -0.15) is 0 Å². The van der Waals surface area contributed by atoms with Crippen molar-refractivity contribution in [1.29, 1.82) is 0 Å². The monoisotopic (exact) mass is 394 g/mol. The average molecular weight is 394 g/mol. The molecule has 2 aromatic carbocycles.